The van der Waals surface area contributed by atoms with Gasteiger partial charge in [0.15, 0.2) is 0 Å². The van der Waals surface area contributed by atoms with Gasteiger partial charge in [0.05, 0.1) is 12.5 Å². The van der Waals surface area contributed by atoms with Gasteiger partial charge in [-0.1, -0.05) is 68.3 Å². The Bertz CT molecular complexity index is 656. The number of unbranched alkanes of at least 4 members (excludes halogenated alkanes) is 2. The number of hydrogen-bond acceptors (Lipinski definition) is 2. The van der Waals surface area contributed by atoms with E-state index in [4.69, 9.17) is 0 Å². The van der Waals surface area contributed by atoms with Gasteiger partial charge < -0.3 is 10.6 Å². The molecule has 2 N–H and O–H groups in total. The molecule has 0 heterocycles. The molecule has 0 saturated carbocycles. The molecule has 0 aliphatic heterocycles. The molecule has 0 aliphatic rings. The lowest BCUT2D eigenvalue weighted by Gasteiger charge is -2.19. The molecule has 0 unspecified atom stereocenters. The van der Waals surface area contributed by atoms with Gasteiger partial charge in [-0.15, -0.1) is 0 Å². The van der Waals surface area contributed by atoms with Gasteiger partial charge in [-0.2, -0.15) is 0 Å². The summed E-state index contributed by atoms with van der Waals surface area (Å²) in [6.45, 7) is 2.81. The number of carbonyl (C=O) groups is 2. The molecule has 0 radical (unpaired) electrons. The minimum Gasteiger partial charge on any atom is -0.356 e. The SMILES string of the molecule is CCCCCNC(=O)C[C@H](NC(=O)c1ccccc1)c1ccccc1. The fraction of sp³-hybridized carbons (Fsp3) is 0.333. The lowest BCUT2D eigenvalue weighted by atomic mass is 10.0. The van der Waals surface area contributed by atoms with Crippen LogP contribution >= 0.6 is 0 Å². The number of hydrogen-bond donors (Lipinski definition) is 2. The van der Waals surface area contributed by atoms with Crippen molar-refractivity contribution in [1.29, 1.82) is 0 Å². The summed E-state index contributed by atoms with van der Waals surface area (Å²) >= 11 is 0. The monoisotopic (exact) mass is 338 g/mol. The highest BCUT2D eigenvalue weighted by Gasteiger charge is 2.18. The molecule has 2 aromatic rings. The maximum atomic E-state index is 12.5. The predicted octanol–water partition coefficient (Wildman–Crippen LogP) is 3.85. The molecule has 0 saturated heterocycles. The summed E-state index contributed by atoms with van der Waals surface area (Å²) in [6.07, 6.45) is 3.44. The van der Waals surface area contributed by atoms with Crippen molar-refractivity contribution in [2.75, 3.05) is 6.54 Å². The Morgan fingerprint density at radius 2 is 1.56 bits per heavy atom. The van der Waals surface area contributed by atoms with Crippen LogP contribution in [0.15, 0.2) is 60.7 Å². The quantitative estimate of drug-likeness (QED) is 0.682. The second kappa shape index (κ2) is 10.3. The molecular weight excluding hydrogens is 312 g/mol. The van der Waals surface area contributed by atoms with Gasteiger partial charge in [0.2, 0.25) is 5.91 Å². The largest absolute Gasteiger partial charge is 0.356 e. The lowest BCUT2D eigenvalue weighted by Crippen LogP contribution is -2.34. The van der Waals surface area contributed by atoms with Crippen molar-refractivity contribution in [1.82, 2.24) is 10.6 Å². The van der Waals surface area contributed by atoms with E-state index in [2.05, 4.69) is 17.6 Å². The molecule has 132 valence electrons. The van der Waals surface area contributed by atoms with E-state index in [1.165, 1.54) is 0 Å². The zero-order valence-electron chi connectivity index (χ0n) is 14.7. The molecule has 0 fully saturated rings. The van der Waals surface area contributed by atoms with Crippen LogP contribution < -0.4 is 10.6 Å². The highest BCUT2D eigenvalue weighted by atomic mass is 16.2. The van der Waals surface area contributed by atoms with Crippen molar-refractivity contribution in [3.8, 4) is 0 Å². The summed E-state index contributed by atoms with van der Waals surface area (Å²) < 4.78 is 0. The number of amides is 2. The van der Waals surface area contributed by atoms with Gasteiger partial charge in [-0.05, 0) is 24.1 Å². The van der Waals surface area contributed by atoms with Crippen LogP contribution in [-0.2, 0) is 4.79 Å². The van der Waals surface area contributed by atoms with Crippen molar-refractivity contribution >= 4 is 11.8 Å². The van der Waals surface area contributed by atoms with Crippen molar-refractivity contribution in [2.24, 2.45) is 0 Å². The predicted molar refractivity (Wildman–Crippen MR) is 100 cm³/mol. The van der Waals surface area contributed by atoms with E-state index in [0.29, 0.717) is 12.1 Å². The first-order valence-corrected chi connectivity index (χ1v) is 8.88. The van der Waals surface area contributed by atoms with Crippen LogP contribution in [0, 0.1) is 0 Å². The number of benzene rings is 2. The highest BCUT2D eigenvalue weighted by Crippen LogP contribution is 2.17. The van der Waals surface area contributed by atoms with E-state index in [9.17, 15) is 9.59 Å². The summed E-state index contributed by atoms with van der Waals surface area (Å²) in [5.74, 6) is -0.216. The van der Waals surface area contributed by atoms with Crippen molar-refractivity contribution in [3.05, 3.63) is 71.8 Å². The van der Waals surface area contributed by atoms with Gasteiger partial charge in [-0.3, -0.25) is 9.59 Å². The molecular formula is C21H26N2O2. The van der Waals surface area contributed by atoms with E-state index in [0.717, 1.165) is 24.8 Å². The van der Waals surface area contributed by atoms with Crippen LogP contribution in [0.4, 0.5) is 0 Å². The maximum absolute atomic E-state index is 12.5. The average Bonchev–Trinajstić information content (AvgIpc) is 2.66. The lowest BCUT2D eigenvalue weighted by molar-refractivity contribution is -0.121. The number of carbonyl (C=O) groups excluding carboxylic acids is 2. The van der Waals surface area contributed by atoms with Crippen LogP contribution in [0.1, 0.15) is 54.6 Å². The number of rotatable bonds is 9. The third kappa shape index (κ3) is 6.42. The average molecular weight is 338 g/mol. The molecule has 25 heavy (non-hydrogen) atoms. The Morgan fingerprint density at radius 3 is 2.20 bits per heavy atom. The molecule has 4 nitrogen and oxygen atoms in total. The Kier molecular flexibility index (Phi) is 7.70. The van der Waals surface area contributed by atoms with E-state index < -0.39 is 0 Å². The fourth-order valence-corrected chi connectivity index (χ4v) is 2.63. The molecule has 0 aromatic heterocycles. The standard InChI is InChI=1S/C21H26N2O2/c1-2-3-10-15-22-20(24)16-19(17-11-6-4-7-12-17)23-21(25)18-13-8-5-9-14-18/h4-9,11-14,19H,2-3,10,15-16H2,1H3,(H,22,24)(H,23,25)/t19-/m0/s1. The zero-order chi connectivity index (χ0) is 17.9. The Balaban J connectivity index is 2.01. The first-order valence-electron chi connectivity index (χ1n) is 8.88. The third-order valence-corrected chi connectivity index (χ3v) is 4.04. The van der Waals surface area contributed by atoms with Gasteiger partial charge >= 0.3 is 0 Å². The normalized spacial score (nSPS) is 11.6. The molecule has 1 atom stereocenters. The zero-order valence-corrected chi connectivity index (χ0v) is 14.7. The van der Waals surface area contributed by atoms with Gasteiger partial charge in [-0.25, -0.2) is 0 Å². The fourth-order valence-electron chi connectivity index (χ4n) is 2.63. The second-order valence-corrected chi connectivity index (χ2v) is 6.06. The summed E-state index contributed by atoms with van der Waals surface area (Å²) in [5.41, 5.74) is 1.52. The second-order valence-electron chi connectivity index (χ2n) is 6.06. The molecule has 2 rings (SSSR count). The summed E-state index contributed by atoms with van der Waals surface area (Å²) in [4.78, 5) is 24.7. The van der Waals surface area contributed by atoms with Crippen LogP contribution in [0.5, 0.6) is 0 Å². The molecule has 0 bridgehead atoms. The highest BCUT2D eigenvalue weighted by molar-refractivity contribution is 5.94. The summed E-state index contributed by atoms with van der Waals surface area (Å²) in [7, 11) is 0. The van der Waals surface area contributed by atoms with Gasteiger partial charge in [0.25, 0.3) is 5.91 Å². The first kappa shape index (κ1) is 18.7. The first-order chi connectivity index (χ1) is 12.2. The van der Waals surface area contributed by atoms with E-state index in [1.54, 1.807) is 12.1 Å². The van der Waals surface area contributed by atoms with E-state index in [1.807, 2.05) is 48.5 Å². The third-order valence-electron chi connectivity index (χ3n) is 4.04. The molecule has 0 spiro atoms. The minimum atomic E-state index is -0.347. The van der Waals surface area contributed by atoms with E-state index in [-0.39, 0.29) is 24.3 Å². The Labute approximate surface area is 149 Å². The van der Waals surface area contributed by atoms with E-state index >= 15 is 0 Å². The van der Waals surface area contributed by atoms with Crippen molar-refractivity contribution in [3.63, 3.8) is 0 Å². The molecule has 0 aliphatic carbocycles. The van der Waals surface area contributed by atoms with Crippen LogP contribution in [0.25, 0.3) is 0 Å². The topological polar surface area (TPSA) is 58.2 Å². The molecule has 2 amide bonds. The maximum Gasteiger partial charge on any atom is 0.251 e. The van der Waals surface area contributed by atoms with Crippen molar-refractivity contribution in [2.45, 2.75) is 38.6 Å². The van der Waals surface area contributed by atoms with Crippen LogP contribution in [-0.4, -0.2) is 18.4 Å². The summed E-state index contributed by atoms with van der Waals surface area (Å²) in [5, 5.41) is 5.92. The van der Waals surface area contributed by atoms with Crippen LogP contribution in [0.3, 0.4) is 0 Å². The van der Waals surface area contributed by atoms with Crippen molar-refractivity contribution < 1.29 is 9.59 Å². The minimum absolute atomic E-state index is 0.0432. The summed E-state index contributed by atoms with van der Waals surface area (Å²) in [6, 6.07) is 18.3. The van der Waals surface area contributed by atoms with Gasteiger partial charge in [0.1, 0.15) is 0 Å². The van der Waals surface area contributed by atoms with Crippen LogP contribution in [0.2, 0.25) is 0 Å². The van der Waals surface area contributed by atoms with Gasteiger partial charge in [0, 0.05) is 12.1 Å². The Hall–Kier alpha value is -2.62. The Morgan fingerprint density at radius 1 is 0.920 bits per heavy atom. The molecule has 4 heteroatoms. The smallest absolute Gasteiger partial charge is 0.251 e. The molecule has 2 aromatic carbocycles. The number of nitrogens with one attached hydrogen (secondary N) is 2.